The Bertz CT molecular complexity index is 945. The molecule has 4 rings (SSSR count). The molecule has 0 bridgehead atoms. The van der Waals surface area contributed by atoms with Gasteiger partial charge in [-0.1, -0.05) is 44.2 Å². The summed E-state index contributed by atoms with van der Waals surface area (Å²) in [7, 11) is 0. The molecule has 2 aromatic heterocycles. The summed E-state index contributed by atoms with van der Waals surface area (Å²) in [5.41, 5.74) is 3.20. The number of hydrogen-bond acceptors (Lipinski definition) is 6. The predicted molar refractivity (Wildman–Crippen MR) is 124 cm³/mol. The van der Waals surface area contributed by atoms with E-state index in [-0.39, 0.29) is 24.4 Å². The van der Waals surface area contributed by atoms with Crippen molar-refractivity contribution in [2.45, 2.75) is 38.8 Å². The van der Waals surface area contributed by atoms with Crippen molar-refractivity contribution in [3.05, 3.63) is 53.7 Å². The van der Waals surface area contributed by atoms with Gasteiger partial charge in [-0.2, -0.15) is 9.61 Å². The number of piperidine rings is 1. The quantitative estimate of drug-likeness (QED) is 0.460. The molecule has 2 atom stereocenters. The fourth-order valence-electron chi connectivity index (χ4n) is 3.76. The fourth-order valence-corrected chi connectivity index (χ4v) is 3.76. The smallest absolute Gasteiger partial charge is 0.163 e. The lowest BCUT2D eigenvalue weighted by atomic mass is 9.95. The molecular formula is C22H31ClN6O. The second kappa shape index (κ2) is 10.1. The van der Waals surface area contributed by atoms with Gasteiger partial charge in [0, 0.05) is 37.2 Å². The Morgan fingerprint density at radius 3 is 2.77 bits per heavy atom. The molecule has 3 aromatic rings. The van der Waals surface area contributed by atoms with Gasteiger partial charge in [-0.25, -0.2) is 4.98 Å². The lowest BCUT2D eigenvalue weighted by Crippen LogP contribution is -2.43. The molecule has 8 heteroatoms. The fraction of sp³-hybridized carbons (Fsp3) is 0.455. The number of anilines is 2. The number of nitrogens with one attached hydrogen (secondary N) is 3. The molecule has 0 aliphatic carbocycles. The van der Waals surface area contributed by atoms with E-state index in [0.717, 1.165) is 35.8 Å². The Balaban J connectivity index is 0.00000256. The van der Waals surface area contributed by atoms with Crippen LogP contribution >= 0.6 is 12.4 Å². The van der Waals surface area contributed by atoms with E-state index in [0.29, 0.717) is 25.6 Å². The summed E-state index contributed by atoms with van der Waals surface area (Å²) in [5.74, 6) is 2.27. The molecule has 0 amide bonds. The van der Waals surface area contributed by atoms with E-state index in [2.05, 4.69) is 47.0 Å². The van der Waals surface area contributed by atoms with Gasteiger partial charge in [0.15, 0.2) is 5.65 Å². The van der Waals surface area contributed by atoms with Gasteiger partial charge in [0.2, 0.25) is 0 Å². The first-order chi connectivity index (χ1) is 14.1. The summed E-state index contributed by atoms with van der Waals surface area (Å²) in [5, 5.41) is 25.0. The third kappa shape index (κ3) is 5.03. The van der Waals surface area contributed by atoms with E-state index in [1.54, 1.807) is 0 Å². The van der Waals surface area contributed by atoms with E-state index in [1.807, 2.05) is 35.0 Å². The monoisotopic (exact) mass is 430 g/mol. The topological polar surface area (TPSA) is 86.5 Å². The first-order valence-corrected chi connectivity index (χ1v) is 10.4. The van der Waals surface area contributed by atoms with Gasteiger partial charge in [0.1, 0.15) is 11.6 Å². The normalized spacial score (nSPS) is 18.9. The van der Waals surface area contributed by atoms with Crippen LogP contribution in [-0.4, -0.2) is 45.4 Å². The standard InChI is InChI=1S/C22H30N6O.ClH/c1-15(2)18-13-26-28-21(25-11-16-6-4-3-5-7-16)10-20(27-22(18)28)24-12-17-8-9-23-14-19(17)29;/h3-7,10,13,15,17,19,23,25,29H,8-9,11-12,14H2,1-2H3,(H,24,27);1H. The zero-order chi connectivity index (χ0) is 20.2. The van der Waals surface area contributed by atoms with Crippen LogP contribution in [0.25, 0.3) is 5.65 Å². The summed E-state index contributed by atoms with van der Waals surface area (Å²) in [6, 6.07) is 12.3. The number of β-amino-alcohol motifs (C(OH)–C–C–N with tert-alkyl or cyclic N) is 1. The van der Waals surface area contributed by atoms with E-state index < -0.39 is 0 Å². The largest absolute Gasteiger partial charge is 0.391 e. The van der Waals surface area contributed by atoms with Crippen LogP contribution in [0.2, 0.25) is 0 Å². The average Bonchev–Trinajstić information content (AvgIpc) is 3.16. The van der Waals surface area contributed by atoms with Gasteiger partial charge in [0.05, 0.1) is 12.3 Å². The molecule has 3 heterocycles. The lowest BCUT2D eigenvalue weighted by Gasteiger charge is -2.28. The number of nitrogens with zero attached hydrogens (tertiary/aromatic N) is 3. The molecule has 4 N–H and O–H groups in total. The maximum atomic E-state index is 10.2. The Kier molecular flexibility index (Phi) is 7.53. The van der Waals surface area contributed by atoms with Crippen molar-refractivity contribution >= 4 is 29.7 Å². The van der Waals surface area contributed by atoms with Crippen molar-refractivity contribution in [1.82, 2.24) is 19.9 Å². The average molecular weight is 431 g/mol. The lowest BCUT2D eigenvalue weighted by molar-refractivity contribution is 0.0883. The zero-order valence-electron chi connectivity index (χ0n) is 17.5. The van der Waals surface area contributed by atoms with Gasteiger partial charge in [-0.15, -0.1) is 12.4 Å². The van der Waals surface area contributed by atoms with Crippen LogP contribution in [0.4, 0.5) is 11.6 Å². The third-order valence-corrected chi connectivity index (χ3v) is 5.57. The van der Waals surface area contributed by atoms with Crippen LogP contribution < -0.4 is 16.0 Å². The summed E-state index contributed by atoms with van der Waals surface area (Å²) in [6.45, 7) is 7.32. The van der Waals surface area contributed by atoms with E-state index >= 15 is 0 Å². The number of aromatic nitrogens is 3. The van der Waals surface area contributed by atoms with E-state index in [4.69, 9.17) is 4.98 Å². The number of halogens is 1. The highest BCUT2D eigenvalue weighted by Crippen LogP contribution is 2.25. The highest BCUT2D eigenvalue weighted by Gasteiger charge is 2.23. The summed E-state index contributed by atoms with van der Waals surface area (Å²) in [6.07, 6.45) is 2.54. The SMILES string of the molecule is CC(C)c1cnn2c(NCc3ccccc3)cc(NCC3CCNCC3O)nc12.Cl. The molecule has 0 saturated carbocycles. The highest BCUT2D eigenvalue weighted by atomic mass is 35.5. The maximum Gasteiger partial charge on any atom is 0.163 e. The van der Waals surface area contributed by atoms with Crippen molar-refractivity contribution < 1.29 is 5.11 Å². The Labute approximate surface area is 183 Å². The van der Waals surface area contributed by atoms with E-state index in [9.17, 15) is 5.11 Å². The van der Waals surface area contributed by atoms with Gasteiger partial charge in [-0.3, -0.25) is 0 Å². The van der Waals surface area contributed by atoms with Crippen molar-refractivity contribution in [3.63, 3.8) is 0 Å². The van der Waals surface area contributed by atoms with Crippen molar-refractivity contribution in [2.24, 2.45) is 5.92 Å². The minimum Gasteiger partial charge on any atom is -0.391 e. The molecule has 30 heavy (non-hydrogen) atoms. The van der Waals surface area contributed by atoms with Crippen LogP contribution in [0.3, 0.4) is 0 Å². The minimum atomic E-state index is -0.322. The first kappa shape index (κ1) is 22.3. The zero-order valence-corrected chi connectivity index (χ0v) is 18.3. The van der Waals surface area contributed by atoms with E-state index in [1.165, 1.54) is 5.56 Å². The Morgan fingerprint density at radius 1 is 1.23 bits per heavy atom. The summed E-state index contributed by atoms with van der Waals surface area (Å²) >= 11 is 0. The van der Waals surface area contributed by atoms with Crippen molar-refractivity contribution in [2.75, 3.05) is 30.3 Å². The summed E-state index contributed by atoms with van der Waals surface area (Å²) in [4.78, 5) is 4.83. The predicted octanol–water partition coefficient (Wildman–Crippen LogP) is 3.27. The molecular weight excluding hydrogens is 400 g/mol. The Morgan fingerprint density at radius 2 is 2.03 bits per heavy atom. The van der Waals surface area contributed by atoms with Crippen molar-refractivity contribution in [1.29, 1.82) is 0 Å². The maximum absolute atomic E-state index is 10.2. The van der Waals surface area contributed by atoms with Gasteiger partial charge in [0.25, 0.3) is 0 Å². The van der Waals surface area contributed by atoms with Crippen LogP contribution in [0, 0.1) is 5.92 Å². The van der Waals surface area contributed by atoms with Gasteiger partial charge < -0.3 is 21.1 Å². The van der Waals surface area contributed by atoms with Crippen molar-refractivity contribution in [3.8, 4) is 0 Å². The minimum absolute atomic E-state index is 0. The molecule has 7 nitrogen and oxygen atoms in total. The molecule has 0 radical (unpaired) electrons. The van der Waals surface area contributed by atoms with Crippen LogP contribution in [0.1, 0.15) is 37.3 Å². The van der Waals surface area contributed by atoms with Crippen LogP contribution in [-0.2, 0) is 6.54 Å². The first-order valence-electron chi connectivity index (χ1n) is 10.4. The molecule has 2 unspecified atom stereocenters. The molecule has 1 saturated heterocycles. The van der Waals surface area contributed by atoms with Gasteiger partial charge in [-0.05, 0) is 24.4 Å². The molecule has 0 spiro atoms. The molecule has 1 aliphatic heterocycles. The van der Waals surface area contributed by atoms with Crippen LogP contribution in [0.5, 0.6) is 0 Å². The second-order valence-electron chi connectivity index (χ2n) is 8.06. The molecule has 162 valence electrons. The third-order valence-electron chi connectivity index (χ3n) is 5.57. The van der Waals surface area contributed by atoms with Crippen LogP contribution in [0.15, 0.2) is 42.6 Å². The number of aliphatic hydroxyl groups is 1. The number of aliphatic hydroxyl groups excluding tert-OH is 1. The summed E-state index contributed by atoms with van der Waals surface area (Å²) < 4.78 is 1.88. The number of fused-ring (bicyclic) bond motifs is 1. The number of hydrogen-bond donors (Lipinski definition) is 4. The second-order valence-corrected chi connectivity index (χ2v) is 8.06. The number of rotatable bonds is 7. The molecule has 1 aliphatic rings. The molecule has 1 aromatic carbocycles. The highest BCUT2D eigenvalue weighted by molar-refractivity contribution is 5.85. The van der Waals surface area contributed by atoms with Gasteiger partial charge >= 0.3 is 0 Å². The molecule has 1 fully saturated rings. The number of benzene rings is 1. The Hall–Kier alpha value is -2.35.